The third-order valence-electron chi connectivity index (χ3n) is 3.44. The molecule has 114 valence electrons. The number of rotatable bonds is 6. The van der Waals surface area contributed by atoms with Gasteiger partial charge in [-0.05, 0) is 44.7 Å². The Morgan fingerprint density at radius 2 is 1.90 bits per heavy atom. The van der Waals surface area contributed by atoms with Crippen LogP contribution in [-0.2, 0) is 4.79 Å². The topological polar surface area (TPSA) is 32.3 Å². The Kier molecular flexibility index (Phi) is 6.21. The molecular formula is C16H28N2OS. The third-order valence-corrected chi connectivity index (χ3v) is 4.42. The number of nitrogens with zero attached hydrogens (tertiary/aromatic N) is 1. The summed E-state index contributed by atoms with van der Waals surface area (Å²) in [5.74, 6) is 0.657. The maximum absolute atomic E-state index is 12.3. The molecule has 1 heterocycles. The fourth-order valence-corrected chi connectivity index (χ4v) is 3.52. The maximum Gasteiger partial charge on any atom is 0.239 e. The van der Waals surface area contributed by atoms with Crippen molar-refractivity contribution >= 4 is 17.2 Å². The molecule has 1 amide bonds. The number of hydrogen-bond donors (Lipinski definition) is 1. The van der Waals surface area contributed by atoms with Crippen LogP contribution >= 0.6 is 11.3 Å². The first-order valence-corrected chi connectivity index (χ1v) is 8.08. The quantitative estimate of drug-likeness (QED) is 0.871. The van der Waals surface area contributed by atoms with Crippen LogP contribution in [0.3, 0.4) is 0 Å². The van der Waals surface area contributed by atoms with Gasteiger partial charge in [-0.15, -0.1) is 11.3 Å². The molecule has 0 fully saturated rings. The van der Waals surface area contributed by atoms with E-state index in [2.05, 4.69) is 46.0 Å². The summed E-state index contributed by atoms with van der Waals surface area (Å²) in [6.07, 6.45) is 0.865. The van der Waals surface area contributed by atoms with Gasteiger partial charge in [0.1, 0.15) is 0 Å². The molecule has 3 nitrogen and oxygen atoms in total. The Hall–Kier alpha value is -0.870. The minimum Gasteiger partial charge on any atom is -0.347 e. The van der Waals surface area contributed by atoms with E-state index in [-0.39, 0.29) is 18.0 Å². The second-order valence-corrected chi connectivity index (χ2v) is 7.63. The van der Waals surface area contributed by atoms with Gasteiger partial charge in [-0.1, -0.05) is 13.8 Å². The van der Waals surface area contributed by atoms with Crippen molar-refractivity contribution in [2.75, 3.05) is 14.1 Å². The Bertz CT molecular complexity index is 451. The number of nitrogens with one attached hydrogen (secondary N) is 1. The lowest BCUT2D eigenvalue weighted by atomic mass is 10.0. The van der Waals surface area contributed by atoms with Crippen LogP contribution in [0.25, 0.3) is 0 Å². The van der Waals surface area contributed by atoms with Crippen LogP contribution < -0.4 is 5.32 Å². The zero-order valence-corrected chi connectivity index (χ0v) is 14.6. The fourth-order valence-electron chi connectivity index (χ4n) is 2.50. The molecule has 1 N–H and O–H groups in total. The molecule has 0 saturated carbocycles. The Morgan fingerprint density at radius 1 is 1.30 bits per heavy atom. The second kappa shape index (κ2) is 7.23. The van der Waals surface area contributed by atoms with E-state index in [1.54, 1.807) is 4.90 Å². The number of amides is 1. The van der Waals surface area contributed by atoms with E-state index < -0.39 is 0 Å². The highest BCUT2D eigenvalue weighted by Crippen LogP contribution is 2.27. The molecule has 0 bridgehead atoms. The van der Waals surface area contributed by atoms with E-state index in [0.717, 1.165) is 6.42 Å². The first-order valence-electron chi connectivity index (χ1n) is 7.26. The number of carbonyl (C=O) groups excluding carboxylic acids is 1. The van der Waals surface area contributed by atoms with Crippen molar-refractivity contribution in [3.8, 4) is 0 Å². The van der Waals surface area contributed by atoms with Crippen molar-refractivity contribution in [1.82, 2.24) is 10.2 Å². The van der Waals surface area contributed by atoms with E-state index in [4.69, 9.17) is 0 Å². The first kappa shape index (κ1) is 17.2. The molecule has 0 aliphatic carbocycles. The van der Waals surface area contributed by atoms with Crippen molar-refractivity contribution in [1.29, 1.82) is 0 Å². The van der Waals surface area contributed by atoms with Gasteiger partial charge in [0.2, 0.25) is 5.91 Å². The van der Waals surface area contributed by atoms with E-state index >= 15 is 0 Å². The molecule has 0 aromatic carbocycles. The normalized spacial score (nSPS) is 14.4. The van der Waals surface area contributed by atoms with Crippen molar-refractivity contribution in [3.63, 3.8) is 0 Å². The summed E-state index contributed by atoms with van der Waals surface area (Å²) < 4.78 is 0. The molecule has 4 heteroatoms. The van der Waals surface area contributed by atoms with Gasteiger partial charge < -0.3 is 4.90 Å². The molecule has 20 heavy (non-hydrogen) atoms. The van der Waals surface area contributed by atoms with Gasteiger partial charge in [0.05, 0.1) is 6.04 Å². The molecule has 0 saturated heterocycles. The summed E-state index contributed by atoms with van der Waals surface area (Å²) in [5, 5.41) is 3.52. The summed E-state index contributed by atoms with van der Waals surface area (Å²) in [5.41, 5.74) is 1.31. The average molecular weight is 296 g/mol. The fraction of sp³-hybridized carbons (Fsp3) is 0.688. The van der Waals surface area contributed by atoms with Gasteiger partial charge in [0.15, 0.2) is 0 Å². The van der Waals surface area contributed by atoms with Gasteiger partial charge in [0, 0.05) is 29.9 Å². The van der Waals surface area contributed by atoms with Gasteiger partial charge in [0.25, 0.3) is 0 Å². The lowest BCUT2D eigenvalue weighted by molar-refractivity contribution is -0.131. The molecule has 0 aliphatic rings. The highest BCUT2D eigenvalue weighted by molar-refractivity contribution is 7.12. The largest absolute Gasteiger partial charge is 0.347 e. The summed E-state index contributed by atoms with van der Waals surface area (Å²) in [6, 6.07) is 2.32. The van der Waals surface area contributed by atoms with E-state index in [0.29, 0.717) is 5.92 Å². The number of likely N-dealkylation sites (N-methyl/N-ethyl adjacent to an activating group) is 1. The Labute approximate surface area is 127 Å². The minimum absolute atomic E-state index is 0.111. The zero-order chi connectivity index (χ0) is 15.4. The second-order valence-electron chi connectivity index (χ2n) is 6.17. The van der Waals surface area contributed by atoms with Crippen LogP contribution in [0.15, 0.2) is 6.07 Å². The molecular weight excluding hydrogens is 268 g/mol. The number of carbonyl (C=O) groups is 1. The smallest absolute Gasteiger partial charge is 0.239 e. The predicted molar refractivity (Wildman–Crippen MR) is 87.3 cm³/mol. The standard InChI is InChI=1S/C16H28N2OS/c1-10(2)8-15(16(19)18(6)7)17-12(4)14-9-11(3)20-13(14)5/h9-10,12,15,17H,8H2,1-7H3. The van der Waals surface area contributed by atoms with Crippen LogP contribution in [0.1, 0.15) is 48.6 Å². The SMILES string of the molecule is Cc1cc(C(C)NC(CC(C)C)C(=O)N(C)C)c(C)s1. The highest BCUT2D eigenvalue weighted by atomic mass is 32.1. The number of hydrogen-bond acceptors (Lipinski definition) is 3. The van der Waals surface area contributed by atoms with Crippen LogP contribution in [-0.4, -0.2) is 30.9 Å². The maximum atomic E-state index is 12.3. The molecule has 1 aromatic heterocycles. The van der Waals surface area contributed by atoms with Crippen molar-refractivity contribution in [2.45, 2.75) is 53.1 Å². The van der Waals surface area contributed by atoms with Crippen molar-refractivity contribution in [3.05, 3.63) is 21.4 Å². The van der Waals surface area contributed by atoms with Crippen LogP contribution in [0.4, 0.5) is 0 Å². The lowest BCUT2D eigenvalue weighted by Gasteiger charge is -2.26. The molecule has 0 aliphatic heterocycles. The number of aryl methyl sites for hydroxylation is 2. The molecule has 1 aromatic rings. The highest BCUT2D eigenvalue weighted by Gasteiger charge is 2.24. The Morgan fingerprint density at radius 3 is 2.30 bits per heavy atom. The van der Waals surface area contributed by atoms with Crippen molar-refractivity contribution < 1.29 is 4.79 Å². The molecule has 2 unspecified atom stereocenters. The van der Waals surface area contributed by atoms with Gasteiger partial charge in [-0.25, -0.2) is 0 Å². The van der Waals surface area contributed by atoms with Crippen LogP contribution in [0.5, 0.6) is 0 Å². The molecule has 0 radical (unpaired) electrons. The number of thiophene rings is 1. The summed E-state index contributed by atoms with van der Waals surface area (Å²) in [7, 11) is 3.64. The van der Waals surface area contributed by atoms with Crippen molar-refractivity contribution in [2.24, 2.45) is 5.92 Å². The summed E-state index contributed by atoms with van der Waals surface area (Å²) in [4.78, 5) is 16.6. The predicted octanol–water partition coefficient (Wildman–Crippen LogP) is 3.52. The lowest BCUT2D eigenvalue weighted by Crippen LogP contribution is -2.45. The van der Waals surface area contributed by atoms with Gasteiger partial charge in [-0.3, -0.25) is 10.1 Å². The third kappa shape index (κ3) is 4.60. The van der Waals surface area contributed by atoms with E-state index in [1.807, 2.05) is 25.4 Å². The van der Waals surface area contributed by atoms with Crippen LogP contribution in [0.2, 0.25) is 0 Å². The molecule has 1 rings (SSSR count). The van der Waals surface area contributed by atoms with Gasteiger partial charge in [-0.2, -0.15) is 0 Å². The molecule has 0 spiro atoms. The van der Waals surface area contributed by atoms with Gasteiger partial charge >= 0.3 is 0 Å². The first-order chi connectivity index (χ1) is 9.22. The van der Waals surface area contributed by atoms with E-state index in [9.17, 15) is 4.79 Å². The average Bonchev–Trinajstić information content (AvgIpc) is 2.65. The monoisotopic (exact) mass is 296 g/mol. The Balaban J connectivity index is 2.83. The van der Waals surface area contributed by atoms with Crippen LogP contribution in [0, 0.1) is 19.8 Å². The summed E-state index contributed by atoms with van der Waals surface area (Å²) >= 11 is 1.82. The minimum atomic E-state index is -0.111. The zero-order valence-electron chi connectivity index (χ0n) is 13.8. The molecule has 2 atom stereocenters. The van der Waals surface area contributed by atoms with E-state index in [1.165, 1.54) is 15.3 Å². The summed E-state index contributed by atoms with van der Waals surface area (Å²) in [6.45, 7) is 10.7.